The molecule has 0 aliphatic heterocycles. The number of nitrogens with zero attached hydrogens (tertiary/aromatic N) is 1. The highest BCUT2D eigenvalue weighted by Crippen LogP contribution is 2.07. The fourth-order valence-corrected chi connectivity index (χ4v) is 1.60. The van der Waals surface area contributed by atoms with Crippen LogP contribution in [0.25, 0.3) is 0 Å². The van der Waals surface area contributed by atoms with E-state index >= 15 is 0 Å². The van der Waals surface area contributed by atoms with Crippen molar-refractivity contribution in [2.24, 2.45) is 0 Å². The minimum atomic E-state index is -0.260. The van der Waals surface area contributed by atoms with Crippen LogP contribution in [0.3, 0.4) is 0 Å². The second kappa shape index (κ2) is 8.48. The van der Waals surface area contributed by atoms with Gasteiger partial charge < -0.3 is 15.5 Å². The molecule has 0 saturated heterocycles. The first kappa shape index (κ1) is 15.4. The van der Waals surface area contributed by atoms with Gasteiger partial charge in [-0.05, 0) is 51.3 Å². The summed E-state index contributed by atoms with van der Waals surface area (Å²) < 4.78 is 12.7. The summed E-state index contributed by atoms with van der Waals surface area (Å²) in [5, 5.41) is 5.94. The maximum Gasteiger partial charge on any atom is 0.221 e. The van der Waals surface area contributed by atoms with Crippen LogP contribution >= 0.6 is 0 Å². The molecule has 0 spiro atoms. The van der Waals surface area contributed by atoms with Crippen LogP contribution in [0.1, 0.15) is 12.8 Å². The third-order valence-electron chi connectivity index (χ3n) is 2.63. The van der Waals surface area contributed by atoms with Crippen molar-refractivity contribution in [3.05, 3.63) is 30.1 Å². The topological polar surface area (TPSA) is 44.4 Å². The SMILES string of the molecule is CN(C)CCCNC(=O)CCNc1ccc(F)cc1. The van der Waals surface area contributed by atoms with Crippen LogP contribution in [0.4, 0.5) is 10.1 Å². The number of halogens is 1. The highest BCUT2D eigenvalue weighted by molar-refractivity contribution is 5.76. The third kappa shape index (κ3) is 7.41. The van der Waals surface area contributed by atoms with E-state index in [0.717, 1.165) is 18.7 Å². The molecule has 2 N–H and O–H groups in total. The van der Waals surface area contributed by atoms with E-state index in [2.05, 4.69) is 15.5 Å². The van der Waals surface area contributed by atoms with Crippen molar-refractivity contribution in [3.8, 4) is 0 Å². The molecular formula is C14H22FN3O. The summed E-state index contributed by atoms with van der Waals surface area (Å²) in [6.07, 6.45) is 1.36. The van der Waals surface area contributed by atoms with E-state index in [0.29, 0.717) is 19.5 Å². The number of anilines is 1. The lowest BCUT2D eigenvalue weighted by Gasteiger charge is -2.10. The highest BCUT2D eigenvalue weighted by atomic mass is 19.1. The number of carbonyl (C=O) groups excluding carboxylic acids is 1. The van der Waals surface area contributed by atoms with Crippen LogP contribution in [0.5, 0.6) is 0 Å². The first-order chi connectivity index (χ1) is 9.08. The van der Waals surface area contributed by atoms with Gasteiger partial charge in [0.1, 0.15) is 5.82 Å². The quantitative estimate of drug-likeness (QED) is 0.705. The molecule has 1 amide bonds. The van der Waals surface area contributed by atoms with Crippen molar-refractivity contribution < 1.29 is 9.18 Å². The minimum absolute atomic E-state index is 0.0355. The summed E-state index contributed by atoms with van der Waals surface area (Å²) in [6.45, 7) is 2.22. The predicted molar refractivity (Wildman–Crippen MR) is 75.7 cm³/mol. The smallest absolute Gasteiger partial charge is 0.221 e. The zero-order valence-corrected chi connectivity index (χ0v) is 11.6. The number of hydrogen-bond donors (Lipinski definition) is 2. The summed E-state index contributed by atoms with van der Waals surface area (Å²) in [4.78, 5) is 13.6. The van der Waals surface area contributed by atoms with Gasteiger partial charge in [-0.15, -0.1) is 0 Å². The molecular weight excluding hydrogens is 245 g/mol. The molecule has 1 rings (SSSR count). The maximum absolute atomic E-state index is 12.7. The standard InChI is InChI=1S/C14H22FN3O/c1-18(2)11-3-9-17-14(19)8-10-16-13-6-4-12(15)5-7-13/h4-7,16H,3,8-11H2,1-2H3,(H,17,19). The number of benzene rings is 1. The molecule has 0 heterocycles. The van der Waals surface area contributed by atoms with E-state index in [9.17, 15) is 9.18 Å². The van der Waals surface area contributed by atoms with E-state index in [4.69, 9.17) is 0 Å². The molecule has 1 aromatic carbocycles. The molecule has 0 radical (unpaired) electrons. The van der Waals surface area contributed by atoms with Gasteiger partial charge in [0.2, 0.25) is 5.91 Å². The zero-order valence-electron chi connectivity index (χ0n) is 11.6. The molecule has 0 saturated carbocycles. The molecule has 19 heavy (non-hydrogen) atoms. The van der Waals surface area contributed by atoms with Gasteiger partial charge in [-0.1, -0.05) is 0 Å². The normalized spacial score (nSPS) is 10.5. The Morgan fingerprint density at radius 1 is 1.21 bits per heavy atom. The van der Waals surface area contributed by atoms with Gasteiger partial charge in [-0.2, -0.15) is 0 Å². The van der Waals surface area contributed by atoms with Crippen molar-refractivity contribution >= 4 is 11.6 Å². The minimum Gasteiger partial charge on any atom is -0.385 e. The van der Waals surface area contributed by atoms with Crippen molar-refractivity contribution in [2.45, 2.75) is 12.8 Å². The Morgan fingerprint density at radius 2 is 1.89 bits per heavy atom. The van der Waals surface area contributed by atoms with Gasteiger partial charge in [0.05, 0.1) is 0 Å². The molecule has 106 valence electrons. The largest absolute Gasteiger partial charge is 0.385 e. The summed E-state index contributed by atoms with van der Waals surface area (Å²) in [6, 6.07) is 6.10. The molecule has 0 aromatic heterocycles. The Kier molecular flexibility index (Phi) is 6.89. The number of hydrogen-bond acceptors (Lipinski definition) is 3. The maximum atomic E-state index is 12.7. The van der Waals surface area contributed by atoms with E-state index < -0.39 is 0 Å². The molecule has 4 nitrogen and oxygen atoms in total. The third-order valence-corrected chi connectivity index (χ3v) is 2.63. The van der Waals surface area contributed by atoms with Crippen LogP contribution in [0.2, 0.25) is 0 Å². The number of nitrogens with one attached hydrogen (secondary N) is 2. The van der Waals surface area contributed by atoms with E-state index in [-0.39, 0.29) is 11.7 Å². The number of carbonyl (C=O) groups is 1. The van der Waals surface area contributed by atoms with Crippen molar-refractivity contribution in [2.75, 3.05) is 39.0 Å². The van der Waals surface area contributed by atoms with Crippen molar-refractivity contribution in [3.63, 3.8) is 0 Å². The summed E-state index contributed by atoms with van der Waals surface area (Å²) in [5.41, 5.74) is 0.821. The lowest BCUT2D eigenvalue weighted by Crippen LogP contribution is -2.28. The fourth-order valence-electron chi connectivity index (χ4n) is 1.60. The molecule has 5 heteroatoms. The monoisotopic (exact) mass is 267 g/mol. The lowest BCUT2D eigenvalue weighted by molar-refractivity contribution is -0.120. The lowest BCUT2D eigenvalue weighted by atomic mass is 10.3. The van der Waals surface area contributed by atoms with Crippen LogP contribution in [0, 0.1) is 5.82 Å². The van der Waals surface area contributed by atoms with E-state index in [1.807, 2.05) is 14.1 Å². The van der Waals surface area contributed by atoms with Gasteiger partial charge in [-0.3, -0.25) is 4.79 Å². The van der Waals surface area contributed by atoms with E-state index in [1.54, 1.807) is 12.1 Å². The van der Waals surface area contributed by atoms with Gasteiger partial charge in [0.15, 0.2) is 0 Å². The van der Waals surface area contributed by atoms with Crippen LogP contribution < -0.4 is 10.6 Å². The molecule has 0 atom stereocenters. The summed E-state index contributed by atoms with van der Waals surface area (Å²) in [7, 11) is 4.02. The van der Waals surface area contributed by atoms with Crippen molar-refractivity contribution in [1.29, 1.82) is 0 Å². The summed E-state index contributed by atoms with van der Waals surface area (Å²) >= 11 is 0. The van der Waals surface area contributed by atoms with Crippen LogP contribution in [-0.2, 0) is 4.79 Å². The Balaban J connectivity index is 2.08. The van der Waals surface area contributed by atoms with Gasteiger partial charge in [-0.25, -0.2) is 4.39 Å². The average molecular weight is 267 g/mol. The first-order valence-electron chi connectivity index (χ1n) is 6.49. The predicted octanol–water partition coefficient (Wildman–Crippen LogP) is 1.70. The van der Waals surface area contributed by atoms with Gasteiger partial charge in [0, 0.05) is 25.2 Å². The molecule has 0 unspecified atom stereocenters. The molecule has 0 aliphatic carbocycles. The molecule has 0 aliphatic rings. The molecule has 1 aromatic rings. The van der Waals surface area contributed by atoms with Gasteiger partial charge >= 0.3 is 0 Å². The van der Waals surface area contributed by atoms with E-state index in [1.165, 1.54) is 12.1 Å². The zero-order chi connectivity index (χ0) is 14.1. The highest BCUT2D eigenvalue weighted by Gasteiger charge is 2.00. The Bertz CT molecular complexity index is 379. The summed E-state index contributed by atoms with van der Waals surface area (Å²) in [5.74, 6) is -0.224. The molecule has 0 bridgehead atoms. The Hall–Kier alpha value is -1.62. The molecule has 0 fully saturated rings. The average Bonchev–Trinajstić information content (AvgIpc) is 2.37. The second-order valence-corrected chi connectivity index (χ2v) is 4.69. The fraction of sp³-hybridized carbons (Fsp3) is 0.500. The van der Waals surface area contributed by atoms with Gasteiger partial charge in [0.25, 0.3) is 0 Å². The van der Waals surface area contributed by atoms with Crippen LogP contribution in [0.15, 0.2) is 24.3 Å². The van der Waals surface area contributed by atoms with Crippen molar-refractivity contribution in [1.82, 2.24) is 10.2 Å². The number of rotatable bonds is 8. The second-order valence-electron chi connectivity index (χ2n) is 4.69. The van der Waals surface area contributed by atoms with Crippen LogP contribution in [-0.4, -0.2) is 44.5 Å². The Labute approximate surface area is 114 Å². The Morgan fingerprint density at radius 3 is 2.53 bits per heavy atom. The first-order valence-corrected chi connectivity index (χ1v) is 6.49. The number of amides is 1.